The maximum absolute atomic E-state index is 13.5. The number of ether oxygens (including phenoxy) is 1. The van der Waals surface area contributed by atoms with E-state index in [-0.39, 0.29) is 22.8 Å². The minimum atomic E-state index is -4.60. The molecular formula is C25H27F3N4O2. The van der Waals surface area contributed by atoms with E-state index in [4.69, 9.17) is 10.00 Å². The summed E-state index contributed by atoms with van der Waals surface area (Å²) in [7, 11) is 1.63. The highest BCUT2D eigenvalue weighted by Gasteiger charge is 2.49. The molecule has 0 bridgehead atoms. The molecule has 1 aromatic carbocycles. The Morgan fingerprint density at radius 2 is 2.00 bits per heavy atom. The highest BCUT2D eigenvalue weighted by Crippen LogP contribution is 2.47. The third-order valence-corrected chi connectivity index (χ3v) is 7.13. The molecule has 1 unspecified atom stereocenters. The normalized spacial score (nSPS) is 19.9. The molecule has 6 nitrogen and oxygen atoms in total. The molecule has 2 aliphatic rings. The summed E-state index contributed by atoms with van der Waals surface area (Å²) in [5.41, 5.74) is 0.199. The molecule has 2 fully saturated rings. The fraction of sp³-hybridized carbons (Fsp3) is 0.480. The molecule has 0 N–H and O–H groups in total. The monoisotopic (exact) mass is 472 g/mol. The van der Waals surface area contributed by atoms with Crippen molar-refractivity contribution in [1.82, 2.24) is 9.88 Å². The van der Waals surface area contributed by atoms with Gasteiger partial charge in [0.2, 0.25) is 0 Å². The van der Waals surface area contributed by atoms with Gasteiger partial charge in [0.25, 0.3) is 5.91 Å². The first-order valence-electron chi connectivity index (χ1n) is 11.2. The number of rotatable bonds is 4. The van der Waals surface area contributed by atoms with Crippen LogP contribution in [0.5, 0.6) is 0 Å². The molecule has 1 atom stereocenters. The Balaban J connectivity index is 1.53. The summed E-state index contributed by atoms with van der Waals surface area (Å²) in [6.45, 7) is 4.59. The van der Waals surface area contributed by atoms with Crippen LogP contribution in [-0.2, 0) is 10.9 Å². The Morgan fingerprint density at radius 3 is 2.62 bits per heavy atom. The second-order valence-corrected chi connectivity index (χ2v) is 9.19. The van der Waals surface area contributed by atoms with Crippen molar-refractivity contribution in [2.24, 2.45) is 11.3 Å². The molecular weight excluding hydrogens is 445 g/mol. The summed E-state index contributed by atoms with van der Waals surface area (Å²) in [6, 6.07) is 10.9. The van der Waals surface area contributed by atoms with Crippen molar-refractivity contribution in [3.8, 4) is 6.07 Å². The van der Waals surface area contributed by atoms with Gasteiger partial charge in [-0.05, 0) is 55.5 Å². The van der Waals surface area contributed by atoms with E-state index in [2.05, 4.69) is 4.98 Å². The lowest BCUT2D eigenvalue weighted by molar-refractivity contribution is -0.137. The van der Waals surface area contributed by atoms with Gasteiger partial charge in [-0.3, -0.25) is 4.79 Å². The molecule has 2 aromatic rings. The molecule has 2 saturated heterocycles. The number of carbonyl (C=O) groups excluding carboxylic acids is 1. The molecule has 1 aromatic heterocycles. The van der Waals surface area contributed by atoms with E-state index in [9.17, 15) is 18.0 Å². The largest absolute Gasteiger partial charge is 0.417 e. The van der Waals surface area contributed by atoms with Crippen LogP contribution in [0.25, 0.3) is 0 Å². The number of benzene rings is 1. The molecule has 4 rings (SSSR count). The van der Waals surface area contributed by atoms with Crippen LogP contribution >= 0.6 is 0 Å². The van der Waals surface area contributed by atoms with Crippen LogP contribution in [0.4, 0.5) is 18.9 Å². The standard InChI is InChI=1S/C25H27F3N4O2/c1-17-4-3-5-22(30-17)23(33)31-10-8-24(9-11-31)16-32(14-19(24)15-34-2)20-7-6-18(13-29)21(12-20)25(26,27)28/h3-7,12,19H,8-11,14-16H2,1-2H3. The minimum Gasteiger partial charge on any atom is -0.384 e. The molecule has 1 amide bonds. The lowest BCUT2D eigenvalue weighted by atomic mass is 9.71. The molecule has 9 heteroatoms. The second-order valence-electron chi connectivity index (χ2n) is 9.19. The number of aryl methyl sites for hydroxylation is 1. The number of aromatic nitrogens is 1. The summed E-state index contributed by atoms with van der Waals surface area (Å²) in [5.74, 6) is 0.0235. The van der Waals surface area contributed by atoms with Crippen LogP contribution in [0.15, 0.2) is 36.4 Å². The van der Waals surface area contributed by atoms with Gasteiger partial charge in [-0.25, -0.2) is 4.98 Å². The summed E-state index contributed by atoms with van der Waals surface area (Å²) in [4.78, 5) is 21.0. The molecule has 3 heterocycles. The number of piperidine rings is 1. The van der Waals surface area contributed by atoms with Crippen LogP contribution in [-0.4, -0.2) is 55.7 Å². The Bertz CT molecular complexity index is 1100. The van der Waals surface area contributed by atoms with Gasteiger partial charge in [0.05, 0.1) is 23.8 Å². The number of methoxy groups -OCH3 is 1. The van der Waals surface area contributed by atoms with Gasteiger partial charge in [-0.15, -0.1) is 0 Å². The van der Waals surface area contributed by atoms with Crippen LogP contribution in [0.3, 0.4) is 0 Å². The first kappa shape index (κ1) is 24.0. The topological polar surface area (TPSA) is 69.5 Å². The Kier molecular flexibility index (Phi) is 6.54. The van der Waals surface area contributed by atoms with Gasteiger partial charge in [0.1, 0.15) is 5.69 Å². The molecule has 1 spiro atoms. The predicted octanol–water partition coefficient (Wildman–Crippen LogP) is 4.29. The van der Waals surface area contributed by atoms with E-state index < -0.39 is 11.7 Å². The van der Waals surface area contributed by atoms with E-state index in [0.717, 1.165) is 24.6 Å². The number of likely N-dealkylation sites (tertiary alicyclic amines) is 1. The summed E-state index contributed by atoms with van der Waals surface area (Å²) in [6.07, 6.45) is -3.13. The van der Waals surface area contributed by atoms with Gasteiger partial charge >= 0.3 is 6.18 Å². The quantitative estimate of drug-likeness (QED) is 0.664. The minimum absolute atomic E-state index is 0.0985. The average Bonchev–Trinajstić information content (AvgIpc) is 3.16. The van der Waals surface area contributed by atoms with Gasteiger partial charge in [-0.1, -0.05) is 6.07 Å². The van der Waals surface area contributed by atoms with E-state index in [1.165, 1.54) is 6.07 Å². The second kappa shape index (κ2) is 9.26. The summed E-state index contributed by atoms with van der Waals surface area (Å²) in [5, 5.41) is 9.10. The van der Waals surface area contributed by atoms with Gasteiger partial charge < -0.3 is 14.5 Å². The number of alkyl halides is 3. The van der Waals surface area contributed by atoms with E-state index in [1.54, 1.807) is 25.3 Å². The van der Waals surface area contributed by atoms with Gasteiger partial charge in [-0.2, -0.15) is 18.4 Å². The number of hydrogen-bond donors (Lipinski definition) is 0. The average molecular weight is 473 g/mol. The number of pyridine rings is 1. The highest BCUT2D eigenvalue weighted by atomic mass is 19.4. The van der Waals surface area contributed by atoms with Crippen molar-refractivity contribution in [3.05, 3.63) is 58.9 Å². The van der Waals surface area contributed by atoms with E-state index in [0.29, 0.717) is 44.2 Å². The van der Waals surface area contributed by atoms with Crippen molar-refractivity contribution >= 4 is 11.6 Å². The maximum atomic E-state index is 13.5. The van der Waals surface area contributed by atoms with Crippen molar-refractivity contribution in [3.63, 3.8) is 0 Å². The summed E-state index contributed by atoms with van der Waals surface area (Å²) < 4.78 is 46.0. The molecule has 2 aliphatic heterocycles. The SMILES string of the molecule is COCC1CN(c2ccc(C#N)c(C(F)(F)F)c2)CC12CCN(C(=O)c1cccc(C)n1)CC2. The molecule has 34 heavy (non-hydrogen) atoms. The van der Waals surface area contributed by atoms with Crippen LogP contribution in [0, 0.1) is 29.6 Å². The lowest BCUT2D eigenvalue weighted by Gasteiger charge is -2.42. The van der Waals surface area contributed by atoms with Crippen molar-refractivity contribution < 1.29 is 22.7 Å². The van der Waals surface area contributed by atoms with Crippen molar-refractivity contribution in [2.75, 3.05) is 44.8 Å². The van der Waals surface area contributed by atoms with Crippen molar-refractivity contribution in [1.29, 1.82) is 5.26 Å². The smallest absolute Gasteiger partial charge is 0.384 e. The molecule has 0 aliphatic carbocycles. The van der Waals surface area contributed by atoms with Gasteiger partial charge in [0.15, 0.2) is 0 Å². The zero-order valence-corrected chi connectivity index (χ0v) is 19.2. The number of nitriles is 1. The Morgan fingerprint density at radius 1 is 1.26 bits per heavy atom. The third kappa shape index (κ3) is 4.60. The van der Waals surface area contributed by atoms with Crippen LogP contribution in [0.2, 0.25) is 0 Å². The maximum Gasteiger partial charge on any atom is 0.417 e. The number of halogens is 3. The van der Waals surface area contributed by atoms with Crippen molar-refractivity contribution in [2.45, 2.75) is 25.9 Å². The van der Waals surface area contributed by atoms with E-state index in [1.807, 2.05) is 28.9 Å². The first-order chi connectivity index (χ1) is 16.2. The Hall–Kier alpha value is -3.12. The fourth-order valence-corrected chi connectivity index (χ4v) is 5.27. The fourth-order valence-electron chi connectivity index (χ4n) is 5.27. The van der Waals surface area contributed by atoms with Gasteiger partial charge in [0, 0.05) is 50.6 Å². The zero-order chi connectivity index (χ0) is 24.5. The third-order valence-electron chi connectivity index (χ3n) is 7.13. The lowest BCUT2D eigenvalue weighted by Crippen LogP contribution is -2.47. The number of nitrogens with zero attached hydrogens (tertiary/aromatic N) is 4. The van der Waals surface area contributed by atoms with E-state index >= 15 is 0 Å². The van der Waals surface area contributed by atoms with Crippen LogP contribution < -0.4 is 4.90 Å². The van der Waals surface area contributed by atoms with Crippen LogP contribution in [0.1, 0.15) is 40.2 Å². The Labute approximate surface area is 196 Å². The molecule has 180 valence electrons. The number of anilines is 1. The predicted molar refractivity (Wildman–Crippen MR) is 120 cm³/mol. The number of amides is 1. The summed E-state index contributed by atoms with van der Waals surface area (Å²) >= 11 is 0. The number of carbonyl (C=O) groups is 1. The zero-order valence-electron chi connectivity index (χ0n) is 19.2. The molecule has 0 radical (unpaired) electrons. The molecule has 0 saturated carbocycles. The highest BCUT2D eigenvalue weighted by molar-refractivity contribution is 5.92. The first-order valence-corrected chi connectivity index (χ1v) is 11.2. The number of hydrogen-bond acceptors (Lipinski definition) is 5.